The number of nitrogens with one attached hydrogen (secondary N) is 1. The summed E-state index contributed by atoms with van der Waals surface area (Å²) < 4.78 is 23.2. The molecule has 1 aliphatic rings. The maximum Gasteiger partial charge on any atom is 0.177 e. The molecule has 0 aliphatic heterocycles. The van der Waals surface area contributed by atoms with Crippen molar-refractivity contribution in [1.82, 2.24) is 0 Å². The lowest BCUT2D eigenvalue weighted by Crippen LogP contribution is -2.18. The van der Waals surface area contributed by atoms with Crippen LogP contribution in [0.2, 0.25) is 0 Å². The minimum Gasteiger partial charge on any atom is -0.383 e. The van der Waals surface area contributed by atoms with Gasteiger partial charge in [-0.25, -0.2) is 8.42 Å². The van der Waals surface area contributed by atoms with Crippen molar-refractivity contribution in [2.24, 2.45) is 5.41 Å². The molecule has 0 spiro atoms. The molecule has 1 aromatic rings. The Morgan fingerprint density at radius 2 is 2.00 bits per heavy atom. The van der Waals surface area contributed by atoms with Gasteiger partial charge in [0, 0.05) is 24.1 Å². The van der Waals surface area contributed by atoms with E-state index in [1.807, 2.05) is 6.07 Å². The molecule has 1 aromatic carbocycles. The predicted molar refractivity (Wildman–Crippen MR) is 70.4 cm³/mol. The molecule has 5 heteroatoms. The molecule has 0 saturated heterocycles. The van der Waals surface area contributed by atoms with Gasteiger partial charge in [-0.05, 0) is 25.0 Å². The normalized spacial score (nSPS) is 17.8. The van der Waals surface area contributed by atoms with E-state index < -0.39 is 9.84 Å². The molecule has 2 rings (SSSR count). The van der Waals surface area contributed by atoms with Crippen LogP contribution >= 0.6 is 11.6 Å². The van der Waals surface area contributed by atoms with E-state index in [9.17, 15) is 8.42 Å². The van der Waals surface area contributed by atoms with Gasteiger partial charge in [0.1, 0.15) is 0 Å². The Labute approximate surface area is 107 Å². The second-order valence-corrected chi connectivity index (χ2v) is 7.01. The fourth-order valence-corrected chi connectivity index (χ4v) is 2.98. The van der Waals surface area contributed by atoms with Gasteiger partial charge in [-0.15, -0.1) is 11.6 Å². The van der Waals surface area contributed by atoms with E-state index in [-0.39, 0.29) is 5.41 Å². The zero-order valence-corrected chi connectivity index (χ0v) is 11.3. The summed E-state index contributed by atoms with van der Waals surface area (Å²) in [6.07, 6.45) is 3.46. The van der Waals surface area contributed by atoms with E-state index in [0.717, 1.165) is 19.4 Å². The molecule has 94 valence electrons. The van der Waals surface area contributed by atoms with Gasteiger partial charge in [0.2, 0.25) is 0 Å². The summed E-state index contributed by atoms with van der Waals surface area (Å²) in [5.41, 5.74) is 0.845. The quantitative estimate of drug-likeness (QED) is 0.839. The number of anilines is 1. The molecule has 1 fully saturated rings. The van der Waals surface area contributed by atoms with Gasteiger partial charge in [0.15, 0.2) is 9.84 Å². The molecular formula is C12H16ClNO2S. The van der Waals surface area contributed by atoms with Crippen LogP contribution in [0.1, 0.15) is 12.8 Å². The van der Waals surface area contributed by atoms with Crippen molar-refractivity contribution in [3.8, 4) is 0 Å². The van der Waals surface area contributed by atoms with Crippen molar-refractivity contribution in [2.75, 3.05) is 24.0 Å². The van der Waals surface area contributed by atoms with Gasteiger partial charge < -0.3 is 5.32 Å². The fraction of sp³-hybridized carbons (Fsp3) is 0.500. The molecule has 1 aliphatic carbocycles. The number of alkyl halides is 1. The van der Waals surface area contributed by atoms with Gasteiger partial charge in [0.05, 0.1) is 10.6 Å². The van der Waals surface area contributed by atoms with Crippen molar-refractivity contribution in [3.63, 3.8) is 0 Å². The van der Waals surface area contributed by atoms with E-state index >= 15 is 0 Å². The maximum atomic E-state index is 11.6. The van der Waals surface area contributed by atoms with Gasteiger partial charge in [-0.3, -0.25) is 0 Å². The molecule has 1 N–H and O–H groups in total. The van der Waals surface area contributed by atoms with Crippen LogP contribution in [0.15, 0.2) is 29.2 Å². The van der Waals surface area contributed by atoms with Crippen LogP contribution < -0.4 is 5.32 Å². The van der Waals surface area contributed by atoms with Crippen molar-refractivity contribution < 1.29 is 8.42 Å². The summed E-state index contributed by atoms with van der Waals surface area (Å²) in [6, 6.07) is 6.98. The molecule has 0 radical (unpaired) electrons. The summed E-state index contributed by atoms with van der Waals surface area (Å²) in [7, 11) is -3.18. The lowest BCUT2D eigenvalue weighted by atomic mass is 10.1. The van der Waals surface area contributed by atoms with Crippen molar-refractivity contribution in [2.45, 2.75) is 17.7 Å². The molecule has 0 amide bonds. The van der Waals surface area contributed by atoms with Crippen molar-refractivity contribution in [3.05, 3.63) is 24.3 Å². The number of hydrogen-bond donors (Lipinski definition) is 1. The highest BCUT2D eigenvalue weighted by Gasteiger charge is 2.41. The first kappa shape index (κ1) is 12.7. The molecule has 0 unspecified atom stereocenters. The fourth-order valence-electron chi connectivity index (χ4n) is 1.75. The molecule has 0 bridgehead atoms. The average molecular weight is 274 g/mol. The van der Waals surface area contributed by atoms with E-state index in [4.69, 9.17) is 11.6 Å². The van der Waals surface area contributed by atoms with E-state index in [1.54, 1.807) is 18.2 Å². The Bertz CT molecular complexity index is 509. The van der Waals surface area contributed by atoms with Gasteiger partial charge >= 0.3 is 0 Å². The Balaban J connectivity index is 2.16. The van der Waals surface area contributed by atoms with Crippen LogP contribution in [0.4, 0.5) is 5.69 Å². The summed E-state index contributed by atoms with van der Waals surface area (Å²) in [5.74, 6) is 0.626. The molecule has 0 aromatic heterocycles. The third-order valence-electron chi connectivity index (χ3n) is 3.18. The second-order valence-electron chi connectivity index (χ2n) is 4.76. The first-order valence-corrected chi connectivity index (χ1v) is 7.98. The number of hydrogen-bond acceptors (Lipinski definition) is 3. The van der Waals surface area contributed by atoms with E-state index in [0.29, 0.717) is 16.5 Å². The van der Waals surface area contributed by atoms with Gasteiger partial charge in [0.25, 0.3) is 0 Å². The Morgan fingerprint density at radius 1 is 1.35 bits per heavy atom. The molecule has 1 saturated carbocycles. The van der Waals surface area contributed by atoms with Crippen molar-refractivity contribution in [1.29, 1.82) is 0 Å². The van der Waals surface area contributed by atoms with Crippen LogP contribution in [-0.4, -0.2) is 27.1 Å². The standard InChI is InChI=1S/C12H16ClNO2S/c1-17(15,16)11-5-3-2-4-10(11)14-9-12(8-13)6-7-12/h2-5,14H,6-9H2,1H3. The van der Waals surface area contributed by atoms with Crippen LogP contribution in [0.5, 0.6) is 0 Å². The second kappa shape index (κ2) is 4.50. The Hall–Kier alpha value is -0.740. The first-order valence-electron chi connectivity index (χ1n) is 5.56. The zero-order valence-electron chi connectivity index (χ0n) is 9.74. The molecule has 17 heavy (non-hydrogen) atoms. The smallest absolute Gasteiger partial charge is 0.177 e. The number of sulfone groups is 1. The molecule has 0 heterocycles. The lowest BCUT2D eigenvalue weighted by molar-refractivity contribution is 0.600. The SMILES string of the molecule is CS(=O)(=O)c1ccccc1NCC1(CCl)CC1. The number of rotatable bonds is 5. The van der Waals surface area contributed by atoms with Crippen LogP contribution in [0.3, 0.4) is 0 Å². The summed E-state index contributed by atoms with van der Waals surface area (Å²) in [6.45, 7) is 0.739. The molecular weight excluding hydrogens is 258 g/mol. The van der Waals surface area contributed by atoms with Crippen molar-refractivity contribution >= 4 is 27.1 Å². The highest BCUT2D eigenvalue weighted by atomic mass is 35.5. The Morgan fingerprint density at radius 3 is 2.53 bits per heavy atom. The molecule has 3 nitrogen and oxygen atoms in total. The van der Waals surface area contributed by atoms with Crippen LogP contribution in [-0.2, 0) is 9.84 Å². The largest absolute Gasteiger partial charge is 0.383 e. The first-order chi connectivity index (χ1) is 7.97. The number of benzene rings is 1. The third kappa shape index (κ3) is 2.93. The zero-order chi connectivity index (χ0) is 12.5. The lowest BCUT2D eigenvalue weighted by Gasteiger charge is -2.15. The minimum absolute atomic E-state index is 0.173. The Kier molecular flexibility index (Phi) is 3.36. The monoisotopic (exact) mass is 273 g/mol. The maximum absolute atomic E-state index is 11.6. The number of halogens is 1. The highest BCUT2D eigenvalue weighted by molar-refractivity contribution is 7.90. The van der Waals surface area contributed by atoms with Crippen LogP contribution in [0, 0.1) is 5.41 Å². The summed E-state index contributed by atoms with van der Waals surface area (Å²) >= 11 is 5.89. The number of para-hydroxylation sites is 1. The predicted octanol–water partition coefficient (Wildman–Crippen LogP) is 2.52. The van der Waals surface area contributed by atoms with E-state index in [1.165, 1.54) is 6.26 Å². The van der Waals surface area contributed by atoms with E-state index in [2.05, 4.69) is 5.32 Å². The van der Waals surface area contributed by atoms with Gasteiger partial charge in [-0.2, -0.15) is 0 Å². The summed E-state index contributed by atoms with van der Waals surface area (Å²) in [4.78, 5) is 0.352. The topological polar surface area (TPSA) is 46.2 Å². The third-order valence-corrected chi connectivity index (χ3v) is 4.90. The minimum atomic E-state index is -3.18. The van der Waals surface area contributed by atoms with Crippen LogP contribution in [0.25, 0.3) is 0 Å². The summed E-state index contributed by atoms with van der Waals surface area (Å²) in [5, 5.41) is 3.21. The average Bonchev–Trinajstić information content (AvgIpc) is 3.06. The highest BCUT2D eigenvalue weighted by Crippen LogP contribution is 2.46. The molecule has 0 atom stereocenters. The van der Waals surface area contributed by atoms with Gasteiger partial charge in [-0.1, -0.05) is 12.1 Å².